The van der Waals surface area contributed by atoms with Gasteiger partial charge in [0.25, 0.3) is 5.92 Å². The summed E-state index contributed by atoms with van der Waals surface area (Å²) in [6.07, 6.45) is 1.06. The van der Waals surface area contributed by atoms with E-state index in [0.29, 0.717) is 0 Å². The number of pyridine rings is 1. The van der Waals surface area contributed by atoms with E-state index in [1.54, 1.807) is 0 Å². The van der Waals surface area contributed by atoms with Gasteiger partial charge < -0.3 is 14.9 Å². The normalized spacial score (nSPS) is 10.1. The van der Waals surface area contributed by atoms with E-state index >= 15 is 0 Å². The first-order valence-electron chi connectivity index (χ1n) is 4.71. The van der Waals surface area contributed by atoms with Gasteiger partial charge in [0.05, 0.1) is 4.92 Å². The van der Waals surface area contributed by atoms with Crippen LogP contribution in [-0.4, -0.2) is 38.0 Å². The van der Waals surface area contributed by atoms with Gasteiger partial charge in [-0.25, -0.2) is 4.98 Å². The van der Waals surface area contributed by atoms with Crippen LogP contribution in [0, 0.1) is 16.0 Å². The summed E-state index contributed by atoms with van der Waals surface area (Å²) >= 11 is 2.91. The second-order valence-corrected chi connectivity index (χ2v) is 4.18. The molecule has 0 spiro atoms. The predicted molar refractivity (Wildman–Crippen MR) is 63.0 cm³/mol. The Morgan fingerprint density at radius 2 is 1.90 bits per heavy atom. The summed E-state index contributed by atoms with van der Waals surface area (Å²) in [6, 6.07) is 0.964. The molecule has 0 radical (unpaired) electrons. The Labute approximate surface area is 118 Å². The van der Waals surface area contributed by atoms with Gasteiger partial charge in [-0.05, 0) is 15.9 Å². The third kappa shape index (κ3) is 3.47. The van der Waals surface area contributed by atoms with Crippen LogP contribution in [0.1, 0.15) is 0 Å². The number of carboxylic acid groups (broad SMARTS) is 2. The maximum Gasteiger partial charge on any atom is 0.338 e. The molecule has 0 bridgehead atoms. The second kappa shape index (κ2) is 6.06. The van der Waals surface area contributed by atoms with Crippen molar-refractivity contribution in [2.45, 2.75) is 0 Å². The molecule has 0 fully saturated rings. The second-order valence-electron chi connectivity index (χ2n) is 3.27. The highest BCUT2D eigenvalue weighted by atomic mass is 79.9. The van der Waals surface area contributed by atoms with Crippen LogP contribution < -0.4 is 4.74 Å². The van der Waals surface area contributed by atoms with E-state index in [1.165, 1.54) is 0 Å². The van der Waals surface area contributed by atoms with E-state index < -0.39 is 40.3 Å². The molecule has 0 aliphatic heterocycles. The van der Waals surface area contributed by atoms with Crippen LogP contribution in [0.4, 0.5) is 5.69 Å². The lowest BCUT2D eigenvalue weighted by atomic mass is 10.1. The first-order valence-corrected chi connectivity index (χ1v) is 5.50. The predicted octanol–water partition coefficient (Wildman–Crippen LogP) is 0.443. The molecule has 0 saturated carbocycles. The highest BCUT2D eigenvalue weighted by molar-refractivity contribution is 9.10. The molecule has 1 rings (SSSR count). The number of halogens is 1. The Hall–Kier alpha value is -2.56. The summed E-state index contributed by atoms with van der Waals surface area (Å²) in [5, 5.41) is 27.9. The van der Waals surface area contributed by atoms with Crippen LogP contribution in [0.25, 0.3) is 0 Å². The Balaban J connectivity index is 3.10. The third-order valence-electron chi connectivity index (χ3n) is 1.92. The van der Waals surface area contributed by atoms with Crippen molar-refractivity contribution < 1.29 is 34.3 Å². The number of hydrogen-bond donors (Lipinski definition) is 2. The monoisotopic (exact) mass is 348 g/mol. The number of nitro groups is 1. The largest absolute Gasteiger partial charge is 0.480 e. The standard InChI is InChI=1S/C9H5BrN2O8/c10-3-1-4(12(18)19)6(11-2-3)20-9(17)5(7(13)14)8(15)16/h1-2,5H,(H,13,14)(H,15,16). The molecule has 0 aliphatic carbocycles. The number of carbonyl (C=O) groups excluding carboxylic acids is 1. The summed E-state index contributed by atoms with van der Waals surface area (Å²) in [6.45, 7) is 0. The first-order chi connectivity index (χ1) is 9.23. The van der Waals surface area contributed by atoms with E-state index in [2.05, 4.69) is 25.7 Å². The number of esters is 1. The van der Waals surface area contributed by atoms with E-state index in [0.717, 1.165) is 12.3 Å². The Morgan fingerprint density at radius 1 is 1.35 bits per heavy atom. The number of rotatable bonds is 5. The maximum atomic E-state index is 11.4. The molecule has 0 aromatic carbocycles. The molecule has 0 unspecified atom stereocenters. The van der Waals surface area contributed by atoms with Crippen molar-refractivity contribution in [3.05, 3.63) is 26.9 Å². The fraction of sp³-hybridized carbons (Fsp3) is 0.111. The molecule has 0 saturated heterocycles. The van der Waals surface area contributed by atoms with Gasteiger partial charge in [0.15, 0.2) is 0 Å². The van der Waals surface area contributed by atoms with Gasteiger partial charge in [0, 0.05) is 16.7 Å². The third-order valence-corrected chi connectivity index (χ3v) is 2.36. The zero-order chi connectivity index (χ0) is 15.4. The summed E-state index contributed by atoms with van der Waals surface area (Å²) in [5.74, 6) is -8.90. The minimum atomic E-state index is -2.50. The molecule has 20 heavy (non-hydrogen) atoms. The Bertz CT molecular complexity index is 588. The maximum absolute atomic E-state index is 11.4. The van der Waals surface area contributed by atoms with Crippen LogP contribution >= 0.6 is 15.9 Å². The summed E-state index contributed by atoms with van der Waals surface area (Å²) in [5.41, 5.74) is -0.720. The number of carbonyl (C=O) groups is 3. The molecule has 2 N–H and O–H groups in total. The molecular weight excluding hydrogens is 344 g/mol. The molecule has 0 amide bonds. The lowest BCUT2D eigenvalue weighted by Gasteiger charge is -2.07. The lowest BCUT2D eigenvalue weighted by Crippen LogP contribution is -2.34. The first kappa shape index (κ1) is 15.5. The quantitative estimate of drug-likeness (QED) is 0.333. The van der Waals surface area contributed by atoms with E-state index in [-0.39, 0.29) is 4.47 Å². The minimum Gasteiger partial charge on any atom is -0.480 e. The van der Waals surface area contributed by atoms with Gasteiger partial charge in [-0.3, -0.25) is 24.5 Å². The fourth-order valence-electron chi connectivity index (χ4n) is 1.09. The molecule has 1 heterocycles. The fourth-order valence-corrected chi connectivity index (χ4v) is 1.41. The van der Waals surface area contributed by atoms with Crippen molar-refractivity contribution in [1.82, 2.24) is 4.98 Å². The zero-order valence-electron chi connectivity index (χ0n) is 9.35. The van der Waals surface area contributed by atoms with Crippen molar-refractivity contribution in [1.29, 1.82) is 0 Å². The van der Waals surface area contributed by atoms with Crippen LogP contribution in [0.5, 0.6) is 5.88 Å². The SMILES string of the molecule is O=C(O)C(C(=O)O)C(=O)Oc1ncc(Br)cc1[N+](=O)[O-]. The smallest absolute Gasteiger partial charge is 0.338 e. The Kier molecular flexibility index (Phi) is 4.69. The minimum absolute atomic E-state index is 0.219. The van der Waals surface area contributed by atoms with Gasteiger partial charge in [0.1, 0.15) is 0 Å². The zero-order valence-corrected chi connectivity index (χ0v) is 10.9. The molecule has 1 aromatic heterocycles. The van der Waals surface area contributed by atoms with Crippen LogP contribution in [0.15, 0.2) is 16.7 Å². The van der Waals surface area contributed by atoms with Gasteiger partial charge in [-0.2, -0.15) is 0 Å². The molecule has 0 atom stereocenters. The van der Waals surface area contributed by atoms with Crippen molar-refractivity contribution in [2.75, 3.05) is 0 Å². The average Bonchev–Trinajstić information content (AvgIpc) is 2.30. The van der Waals surface area contributed by atoms with E-state index in [1.807, 2.05) is 0 Å². The van der Waals surface area contributed by atoms with Crippen LogP contribution in [0.2, 0.25) is 0 Å². The van der Waals surface area contributed by atoms with Crippen molar-refractivity contribution in [3.63, 3.8) is 0 Å². The summed E-state index contributed by atoms with van der Waals surface area (Å²) in [4.78, 5) is 45.8. The average molecular weight is 349 g/mol. The highest BCUT2D eigenvalue weighted by Gasteiger charge is 2.37. The number of nitrogens with zero attached hydrogens (tertiary/aromatic N) is 2. The number of carboxylic acids is 2. The van der Waals surface area contributed by atoms with Crippen molar-refractivity contribution >= 4 is 39.5 Å². The topological polar surface area (TPSA) is 157 Å². The van der Waals surface area contributed by atoms with Crippen LogP contribution in [0.3, 0.4) is 0 Å². The summed E-state index contributed by atoms with van der Waals surface area (Å²) in [7, 11) is 0. The molecule has 0 aliphatic rings. The Morgan fingerprint density at radius 3 is 2.35 bits per heavy atom. The van der Waals surface area contributed by atoms with Gasteiger partial charge >= 0.3 is 29.5 Å². The molecular formula is C9H5BrN2O8. The number of aromatic nitrogens is 1. The van der Waals surface area contributed by atoms with Gasteiger partial charge in [-0.15, -0.1) is 0 Å². The highest BCUT2D eigenvalue weighted by Crippen LogP contribution is 2.27. The number of ether oxygens (including phenoxy) is 1. The molecule has 11 heteroatoms. The van der Waals surface area contributed by atoms with Crippen LogP contribution in [-0.2, 0) is 14.4 Å². The lowest BCUT2D eigenvalue weighted by molar-refractivity contribution is -0.386. The van der Waals surface area contributed by atoms with Crippen molar-refractivity contribution in [3.8, 4) is 5.88 Å². The van der Waals surface area contributed by atoms with Gasteiger partial charge in [-0.1, -0.05) is 0 Å². The van der Waals surface area contributed by atoms with E-state index in [9.17, 15) is 24.5 Å². The van der Waals surface area contributed by atoms with E-state index in [4.69, 9.17) is 10.2 Å². The molecule has 10 nitrogen and oxygen atoms in total. The number of hydrogen-bond acceptors (Lipinski definition) is 7. The van der Waals surface area contributed by atoms with Crippen molar-refractivity contribution in [2.24, 2.45) is 5.92 Å². The summed E-state index contributed by atoms with van der Waals surface area (Å²) < 4.78 is 4.59. The number of aliphatic carboxylic acids is 2. The molecule has 1 aromatic rings. The van der Waals surface area contributed by atoms with Gasteiger partial charge in [0.2, 0.25) is 0 Å². The molecule has 106 valence electrons.